The van der Waals surface area contributed by atoms with Gasteiger partial charge in [0.2, 0.25) is 0 Å². The van der Waals surface area contributed by atoms with Crippen LogP contribution in [0.2, 0.25) is 0 Å². The first-order valence-corrected chi connectivity index (χ1v) is 19.9. The average molecular weight is 653 g/mol. The summed E-state index contributed by atoms with van der Waals surface area (Å²) >= 11 is 0. The maximum absolute atomic E-state index is 10.9. The molecule has 1 spiro atoms. The first-order chi connectivity index (χ1) is 22.8. The highest BCUT2D eigenvalue weighted by Crippen LogP contribution is 2.76. The Morgan fingerprint density at radius 2 is 1.67 bits per heavy atom. The van der Waals surface area contributed by atoms with Gasteiger partial charge in [0.15, 0.2) is 0 Å². The number of nitrogens with zero attached hydrogens (tertiary/aromatic N) is 1. The highest BCUT2D eigenvalue weighted by molar-refractivity contribution is 5.72. The van der Waals surface area contributed by atoms with E-state index in [1.54, 1.807) is 0 Å². The van der Waals surface area contributed by atoms with Gasteiger partial charge in [0, 0.05) is 31.7 Å². The predicted molar refractivity (Wildman–Crippen MR) is 196 cm³/mol. The fraction of sp³-hybridized carbons (Fsp3) is 0.750. The van der Waals surface area contributed by atoms with E-state index in [2.05, 4.69) is 76.5 Å². The van der Waals surface area contributed by atoms with Crippen LogP contribution in [0.3, 0.4) is 0 Å². The molecule has 0 aromatic heterocycles. The van der Waals surface area contributed by atoms with Crippen molar-refractivity contribution < 1.29 is 9.53 Å². The van der Waals surface area contributed by atoms with Crippen LogP contribution >= 0.6 is 0 Å². The number of hydrogen-bond acceptors (Lipinski definition) is 4. The Morgan fingerprint density at radius 3 is 2.33 bits per heavy atom. The topological polar surface area (TPSA) is 41.6 Å². The Hall–Kier alpha value is -1.91. The minimum absolute atomic E-state index is 0.0932. The molecule has 1 aliphatic heterocycles. The van der Waals surface area contributed by atoms with Crippen LogP contribution < -0.4 is 10.1 Å². The Bertz CT molecular complexity index is 1460. The Balaban J connectivity index is 1.05. The molecule has 0 bridgehead atoms. The second-order valence-electron chi connectivity index (χ2n) is 19.6. The normalized spacial score (nSPS) is 43.8. The zero-order valence-electron chi connectivity index (χ0n) is 31.1. The fourth-order valence-electron chi connectivity index (χ4n) is 14.8. The zero-order chi connectivity index (χ0) is 33.7. The number of fused-ring (bicyclic) bond motifs is 7. The molecular formula is C44H64N2O2. The smallest absolute Gasteiger partial charge is 0.298 e. The maximum Gasteiger partial charge on any atom is 0.298 e. The molecule has 262 valence electrons. The van der Waals surface area contributed by atoms with Crippen LogP contribution in [-0.4, -0.2) is 43.1 Å². The number of hydrogen-bond donors (Lipinski definition) is 1. The molecule has 1 N–H and O–H groups in total. The van der Waals surface area contributed by atoms with E-state index in [1.165, 1.54) is 113 Å². The van der Waals surface area contributed by atoms with Gasteiger partial charge in [-0.15, -0.1) is 0 Å². The van der Waals surface area contributed by atoms with Crippen molar-refractivity contribution in [2.45, 2.75) is 124 Å². The van der Waals surface area contributed by atoms with Gasteiger partial charge in [-0.05, 0) is 157 Å². The highest BCUT2D eigenvalue weighted by atomic mass is 16.5. The molecule has 8 rings (SSSR count). The Kier molecular flexibility index (Phi) is 7.82. The van der Waals surface area contributed by atoms with E-state index in [-0.39, 0.29) is 5.41 Å². The van der Waals surface area contributed by atoms with Crippen LogP contribution in [0.25, 0.3) is 5.57 Å². The lowest BCUT2D eigenvalue weighted by Crippen LogP contribution is -2.68. The van der Waals surface area contributed by atoms with E-state index in [0.717, 1.165) is 29.7 Å². The van der Waals surface area contributed by atoms with Crippen molar-refractivity contribution in [1.29, 1.82) is 0 Å². The molecular weight excluding hydrogens is 588 g/mol. The summed E-state index contributed by atoms with van der Waals surface area (Å²) in [5.74, 6) is 4.20. The van der Waals surface area contributed by atoms with Crippen molar-refractivity contribution in [3.63, 3.8) is 0 Å². The molecule has 5 saturated carbocycles. The maximum atomic E-state index is 10.9. The van der Waals surface area contributed by atoms with Crippen molar-refractivity contribution >= 4 is 12.0 Å². The molecule has 0 unspecified atom stereocenters. The fourth-order valence-corrected chi connectivity index (χ4v) is 14.8. The molecule has 0 amide bonds. The van der Waals surface area contributed by atoms with Crippen molar-refractivity contribution in [2.75, 3.05) is 26.2 Å². The zero-order valence-corrected chi connectivity index (χ0v) is 31.1. The Morgan fingerprint density at radius 1 is 0.917 bits per heavy atom. The first-order valence-electron chi connectivity index (χ1n) is 19.9. The molecule has 48 heavy (non-hydrogen) atoms. The number of carbonyl (C=O) groups excluding carboxylic acids is 1. The Labute approximate surface area is 291 Å². The van der Waals surface area contributed by atoms with Crippen molar-refractivity contribution in [3.05, 3.63) is 48.1 Å². The quantitative estimate of drug-likeness (QED) is 0.224. The van der Waals surface area contributed by atoms with E-state index in [4.69, 9.17) is 4.74 Å². The molecule has 1 saturated heterocycles. The largest absolute Gasteiger partial charge is 0.429 e. The van der Waals surface area contributed by atoms with Gasteiger partial charge < -0.3 is 15.0 Å². The summed E-state index contributed by atoms with van der Waals surface area (Å²) in [6, 6.07) is 8.21. The second-order valence-corrected chi connectivity index (χ2v) is 19.6. The lowest BCUT2D eigenvalue weighted by Gasteiger charge is -2.72. The highest BCUT2D eigenvalue weighted by Gasteiger charge is 2.70. The monoisotopic (exact) mass is 652 g/mol. The third-order valence-electron chi connectivity index (χ3n) is 17.4. The van der Waals surface area contributed by atoms with E-state index in [1.807, 2.05) is 12.1 Å². The van der Waals surface area contributed by atoms with Gasteiger partial charge in [0.25, 0.3) is 6.47 Å². The third kappa shape index (κ3) is 4.62. The van der Waals surface area contributed by atoms with E-state index in [9.17, 15) is 4.79 Å². The summed E-state index contributed by atoms with van der Waals surface area (Å²) in [4.78, 5) is 13.6. The van der Waals surface area contributed by atoms with Crippen LogP contribution in [0.15, 0.2) is 42.5 Å². The molecule has 9 atom stereocenters. The van der Waals surface area contributed by atoms with Crippen LogP contribution in [0.5, 0.6) is 5.75 Å². The van der Waals surface area contributed by atoms with Gasteiger partial charge >= 0.3 is 0 Å². The minimum atomic E-state index is 0.0932. The van der Waals surface area contributed by atoms with E-state index in [0.29, 0.717) is 45.8 Å². The van der Waals surface area contributed by atoms with Gasteiger partial charge in [-0.2, -0.15) is 0 Å². The standard InChI is InChI=1S/C44H64N2O2/c1-30(2)33-15-22-44(45-25-26-46-27-43(28-46)18-8-19-43)24-23-41(6)35(38(33)44)13-14-37-40(5)20-16-34(31-9-11-32(12-10-31)48-29-47)39(3,4)36(40)17-21-42(37,41)7/h9-12,16,29,33,35-38,45H,1,8,13-15,17-28H2,2-7H3/t33-,35+,36-,37+,38+,40-,41+,42+,44-/m0/s1. The molecule has 4 nitrogen and oxygen atoms in total. The number of benzene rings is 1. The number of likely N-dealkylation sites (tertiary alicyclic amines) is 1. The summed E-state index contributed by atoms with van der Waals surface area (Å²) in [6.07, 6.45) is 19.0. The molecule has 1 aromatic rings. The van der Waals surface area contributed by atoms with Crippen LogP contribution in [0.4, 0.5) is 0 Å². The van der Waals surface area contributed by atoms with Gasteiger partial charge in [-0.3, -0.25) is 4.79 Å². The lowest BCUT2D eigenvalue weighted by molar-refractivity contribution is -0.219. The van der Waals surface area contributed by atoms with Crippen LogP contribution in [-0.2, 0) is 4.79 Å². The van der Waals surface area contributed by atoms with Crippen LogP contribution in [0, 0.1) is 56.7 Å². The second kappa shape index (κ2) is 11.3. The number of nitrogens with one attached hydrogen (secondary N) is 1. The molecule has 7 aliphatic rings. The first kappa shape index (κ1) is 33.2. The predicted octanol–water partition coefficient (Wildman–Crippen LogP) is 9.70. The molecule has 4 heteroatoms. The van der Waals surface area contributed by atoms with Gasteiger partial charge in [0.05, 0.1) is 0 Å². The number of allylic oxidation sites excluding steroid dienone is 3. The minimum Gasteiger partial charge on any atom is -0.429 e. The summed E-state index contributed by atoms with van der Waals surface area (Å²) < 4.78 is 5.11. The SMILES string of the molecule is C=C(C)[C@@H]1CC[C@]2(NCCN3CC4(CCC4)C3)CC[C@]3(C)[C@H](CC[C@@H]4[C@@]5(C)CC=C(c6ccc(OC=O)cc6)C(C)(C)[C@@H]5CC[C@]43C)[C@@H]12. The summed E-state index contributed by atoms with van der Waals surface area (Å²) in [7, 11) is 0. The van der Waals surface area contributed by atoms with E-state index < -0.39 is 0 Å². The molecule has 6 aliphatic carbocycles. The van der Waals surface area contributed by atoms with Gasteiger partial charge in [-0.25, -0.2) is 0 Å². The molecule has 1 aromatic carbocycles. The average Bonchev–Trinajstić information content (AvgIpc) is 3.38. The summed E-state index contributed by atoms with van der Waals surface area (Å²) in [5.41, 5.74) is 6.36. The molecule has 6 fully saturated rings. The number of carbonyl (C=O) groups is 1. The van der Waals surface area contributed by atoms with Gasteiger partial charge in [-0.1, -0.05) is 71.4 Å². The molecule has 1 heterocycles. The van der Waals surface area contributed by atoms with Crippen molar-refractivity contribution in [1.82, 2.24) is 10.2 Å². The van der Waals surface area contributed by atoms with E-state index >= 15 is 0 Å². The number of rotatable bonds is 8. The van der Waals surface area contributed by atoms with Crippen LogP contribution in [0.1, 0.15) is 124 Å². The lowest BCUT2D eigenvalue weighted by atomic mass is 9.33. The van der Waals surface area contributed by atoms with Gasteiger partial charge in [0.1, 0.15) is 5.75 Å². The summed E-state index contributed by atoms with van der Waals surface area (Å²) in [5, 5.41) is 4.36. The number of ether oxygens (including phenoxy) is 1. The third-order valence-corrected chi connectivity index (χ3v) is 17.4. The van der Waals surface area contributed by atoms with Crippen molar-refractivity contribution in [3.8, 4) is 5.75 Å². The molecule has 0 radical (unpaired) electrons. The summed E-state index contributed by atoms with van der Waals surface area (Å²) in [6.45, 7) is 25.9. The van der Waals surface area contributed by atoms with Crippen molar-refractivity contribution in [2.24, 2.45) is 56.7 Å².